The molecule has 1 amide bonds. The summed E-state index contributed by atoms with van der Waals surface area (Å²) in [5, 5.41) is 2.53. The minimum absolute atomic E-state index is 0.0465. The van der Waals surface area contributed by atoms with Crippen LogP contribution in [0.4, 0.5) is 5.13 Å². The molecular weight excluding hydrogens is 276 g/mol. The van der Waals surface area contributed by atoms with Gasteiger partial charge in [0.05, 0.1) is 20.8 Å². The number of rotatable bonds is 5. The number of carbonyl (C=O) groups excluding carboxylic acids is 1. The molecular formula is C14H16N2O3S. The van der Waals surface area contributed by atoms with E-state index in [1.54, 1.807) is 25.3 Å². The van der Waals surface area contributed by atoms with Crippen molar-refractivity contribution in [2.24, 2.45) is 0 Å². The van der Waals surface area contributed by atoms with E-state index in [-0.39, 0.29) is 5.91 Å². The van der Waals surface area contributed by atoms with Crippen molar-refractivity contribution in [3.63, 3.8) is 0 Å². The quantitative estimate of drug-likeness (QED) is 0.850. The third-order valence-electron chi connectivity index (χ3n) is 2.82. The minimum Gasteiger partial charge on any atom is -0.493 e. The van der Waals surface area contributed by atoms with Gasteiger partial charge >= 0.3 is 0 Å². The zero-order chi connectivity index (χ0) is 14.5. The van der Waals surface area contributed by atoms with Gasteiger partial charge in [-0.1, -0.05) is 6.07 Å². The Morgan fingerprint density at radius 1 is 1.30 bits per heavy atom. The SMILES string of the molecule is COc1ccc(CN(C(C)=O)c2nccs2)cc1OC. The van der Waals surface area contributed by atoms with Crippen molar-refractivity contribution < 1.29 is 14.3 Å². The Hall–Kier alpha value is -2.08. The predicted octanol–water partition coefficient (Wildman–Crippen LogP) is 2.71. The van der Waals surface area contributed by atoms with Gasteiger partial charge < -0.3 is 9.47 Å². The summed E-state index contributed by atoms with van der Waals surface area (Å²) in [6.07, 6.45) is 1.69. The van der Waals surface area contributed by atoms with Gasteiger partial charge in [-0.2, -0.15) is 0 Å². The Morgan fingerprint density at radius 2 is 2.05 bits per heavy atom. The molecule has 0 radical (unpaired) electrons. The molecule has 0 N–H and O–H groups in total. The minimum atomic E-state index is -0.0465. The average Bonchev–Trinajstić information content (AvgIpc) is 2.97. The van der Waals surface area contributed by atoms with E-state index in [0.717, 1.165) is 5.56 Å². The lowest BCUT2D eigenvalue weighted by Crippen LogP contribution is -2.27. The van der Waals surface area contributed by atoms with Crippen molar-refractivity contribution in [1.82, 2.24) is 4.98 Å². The molecule has 0 bridgehead atoms. The van der Waals surface area contributed by atoms with Gasteiger partial charge in [-0.25, -0.2) is 4.98 Å². The summed E-state index contributed by atoms with van der Waals surface area (Å²) in [5.74, 6) is 1.27. The smallest absolute Gasteiger partial charge is 0.225 e. The Morgan fingerprint density at radius 3 is 2.60 bits per heavy atom. The summed E-state index contributed by atoms with van der Waals surface area (Å²) in [6.45, 7) is 1.98. The molecule has 6 heteroatoms. The van der Waals surface area contributed by atoms with Crippen molar-refractivity contribution >= 4 is 22.4 Å². The Labute approximate surface area is 121 Å². The number of ether oxygens (including phenoxy) is 2. The zero-order valence-corrected chi connectivity index (χ0v) is 12.4. The molecule has 0 unspecified atom stereocenters. The fraction of sp³-hybridized carbons (Fsp3) is 0.286. The summed E-state index contributed by atoms with van der Waals surface area (Å²) in [6, 6.07) is 5.60. The van der Waals surface area contributed by atoms with Gasteiger partial charge in [0.1, 0.15) is 0 Å². The van der Waals surface area contributed by atoms with Crippen molar-refractivity contribution in [3.05, 3.63) is 35.3 Å². The molecule has 1 aromatic carbocycles. The second-order valence-corrected chi connectivity index (χ2v) is 4.98. The van der Waals surface area contributed by atoms with E-state index in [1.807, 2.05) is 23.6 Å². The molecule has 0 fully saturated rings. The Bertz CT molecular complexity index is 584. The Kier molecular flexibility index (Phi) is 4.57. The van der Waals surface area contributed by atoms with Crippen LogP contribution in [0.2, 0.25) is 0 Å². The second-order valence-electron chi connectivity index (χ2n) is 4.11. The van der Waals surface area contributed by atoms with E-state index in [2.05, 4.69) is 4.98 Å². The zero-order valence-electron chi connectivity index (χ0n) is 11.6. The van der Waals surface area contributed by atoms with Gasteiger partial charge in [-0.05, 0) is 17.7 Å². The number of benzene rings is 1. The standard InChI is InChI=1S/C14H16N2O3S/c1-10(17)16(14-15-6-7-20-14)9-11-4-5-12(18-2)13(8-11)19-3/h4-8H,9H2,1-3H3. The van der Waals surface area contributed by atoms with E-state index in [9.17, 15) is 4.79 Å². The van der Waals surface area contributed by atoms with Crippen molar-refractivity contribution in [2.45, 2.75) is 13.5 Å². The number of methoxy groups -OCH3 is 2. The van der Waals surface area contributed by atoms with E-state index in [0.29, 0.717) is 23.2 Å². The van der Waals surface area contributed by atoms with Crippen LogP contribution < -0.4 is 14.4 Å². The van der Waals surface area contributed by atoms with Crippen LogP contribution in [-0.2, 0) is 11.3 Å². The summed E-state index contributed by atoms with van der Waals surface area (Å²) in [5.41, 5.74) is 0.952. The third-order valence-corrected chi connectivity index (χ3v) is 3.61. The lowest BCUT2D eigenvalue weighted by atomic mass is 10.2. The number of carbonyl (C=O) groups is 1. The molecule has 106 valence electrons. The highest BCUT2D eigenvalue weighted by Crippen LogP contribution is 2.29. The molecule has 1 heterocycles. The third kappa shape index (κ3) is 3.08. The molecule has 20 heavy (non-hydrogen) atoms. The highest BCUT2D eigenvalue weighted by molar-refractivity contribution is 7.13. The van der Waals surface area contributed by atoms with Crippen LogP contribution in [0.1, 0.15) is 12.5 Å². The maximum Gasteiger partial charge on any atom is 0.225 e. The van der Waals surface area contributed by atoms with Crippen LogP contribution in [0.25, 0.3) is 0 Å². The molecule has 0 atom stereocenters. The first-order valence-electron chi connectivity index (χ1n) is 6.04. The number of nitrogens with zero attached hydrogens (tertiary/aromatic N) is 2. The molecule has 0 saturated carbocycles. The number of thiazole rings is 1. The van der Waals surface area contributed by atoms with E-state index in [4.69, 9.17) is 9.47 Å². The van der Waals surface area contributed by atoms with Crippen LogP contribution in [0.15, 0.2) is 29.8 Å². The summed E-state index contributed by atoms with van der Waals surface area (Å²) >= 11 is 1.43. The normalized spacial score (nSPS) is 10.2. The first kappa shape index (κ1) is 14.3. The monoisotopic (exact) mass is 292 g/mol. The van der Waals surface area contributed by atoms with Gasteiger partial charge in [0.2, 0.25) is 5.91 Å². The first-order valence-corrected chi connectivity index (χ1v) is 6.92. The highest BCUT2D eigenvalue weighted by atomic mass is 32.1. The van der Waals surface area contributed by atoms with Gasteiger partial charge in [0.15, 0.2) is 16.6 Å². The number of hydrogen-bond donors (Lipinski definition) is 0. The topological polar surface area (TPSA) is 51.7 Å². The summed E-state index contributed by atoms with van der Waals surface area (Å²) < 4.78 is 10.5. The van der Waals surface area contributed by atoms with Crippen molar-refractivity contribution in [1.29, 1.82) is 0 Å². The lowest BCUT2D eigenvalue weighted by molar-refractivity contribution is -0.116. The van der Waals surface area contributed by atoms with Crippen LogP contribution in [0, 0.1) is 0 Å². The number of hydrogen-bond acceptors (Lipinski definition) is 5. The molecule has 2 rings (SSSR count). The molecule has 0 saturated heterocycles. The molecule has 0 aliphatic heterocycles. The molecule has 0 spiro atoms. The summed E-state index contributed by atoms with van der Waals surface area (Å²) in [7, 11) is 3.18. The molecule has 5 nitrogen and oxygen atoms in total. The average molecular weight is 292 g/mol. The van der Waals surface area contributed by atoms with Gasteiger partial charge in [-0.15, -0.1) is 11.3 Å². The maximum absolute atomic E-state index is 11.8. The van der Waals surface area contributed by atoms with Crippen LogP contribution in [0.5, 0.6) is 11.5 Å². The van der Waals surface area contributed by atoms with Gasteiger partial charge in [0.25, 0.3) is 0 Å². The van der Waals surface area contributed by atoms with E-state index < -0.39 is 0 Å². The highest BCUT2D eigenvalue weighted by Gasteiger charge is 2.15. The number of amides is 1. The summed E-state index contributed by atoms with van der Waals surface area (Å²) in [4.78, 5) is 17.6. The largest absolute Gasteiger partial charge is 0.493 e. The molecule has 2 aromatic rings. The number of aromatic nitrogens is 1. The van der Waals surface area contributed by atoms with E-state index in [1.165, 1.54) is 18.3 Å². The maximum atomic E-state index is 11.8. The lowest BCUT2D eigenvalue weighted by Gasteiger charge is -2.18. The molecule has 0 aliphatic carbocycles. The Balaban J connectivity index is 2.25. The second kappa shape index (κ2) is 6.38. The van der Waals surface area contributed by atoms with Crippen LogP contribution in [0.3, 0.4) is 0 Å². The fourth-order valence-corrected chi connectivity index (χ4v) is 2.51. The van der Waals surface area contributed by atoms with Crippen molar-refractivity contribution in [3.8, 4) is 11.5 Å². The predicted molar refractivity (Wildman–Crippen MR) is 78.5 cm³/mol. The van der Waals surface area contributed by atoms with Gasteiger partial charge in [0, 0.05) is 18.5 Å². The van der Waals surface area contributed by atoms with Crippen LogP contribution in [-0.4, -0.2) is 25.1 Å². The van der Waals surface area contributed by atoms with Crippen molar-refractivity contribution in [2.75, 3.05) is 19.1 Å². The molecule has 1 aromatic heterocycles. The number of anilines is 1. The van der Waals surface area contributed by atoms with E-state index >= 15 is 0 Å². The van der Waals surface area contributed by atoms with Gasteiger partial charge in [-0.3, -0.25) is 9.69 Å². The first-order chi connectivity index (χ1) is 9.65. The fourth-order valence-electron chi connectivity index (χ4n) is 1.82. The van der Waals surface area contributed by atoms with Crippen LogP contribution >= 0.6 is 11.3 Å². The molecule has 0 aliphatic rings.